The Kier molecular flexibility index (Phi) is 13.5. The minimum atomic E-state index is -1.14. The van der Waals surface area contributed by atoms with E-state index in [-0.39, 0.29) is 35.8 Å². The molecule has 4 aromatic rings. The predicted octanol–water partition coefficient (Wildman–Crippen LogP) is 6.62. The van der Waals surface area contributed by atoms with Gasteiger partial charge in [-0.25, -0.2) is 29.1 Å². The van der Waals surface area contributed by atoms with Gasteiger partial charge in [-0.05, 0) is 65.3 Å². The third kappa shape index (κ3) is 9.79. The summed E-state index contributed by atoms with van der Waals surface area (Å²) >= 11 is 0. The van der Waals surface area contributed by atoms with Crippen molar-refractivity contribution in [2.24, 2.45) is 35.1 Å². The molecule has 0 bridgehead atoms. The average Bonchev–Trinajstić information content (AvgIpc) is 3.76. The molecule has 0 aliphatic rings. The summed E-state index contributed by atoms with van der Waals surface area (Å²) in [5.41, 5.74) is 18.2. The third-order valence-electron chi connectivity index (χ3n) is 9.66. The second kappa shape index (κ2) is 17.7. The van der Waals surface area contributed by atoms with Gasteiger partial charge in [-0.1, -0.05) is 91.8 Å². The molecule has 2 aromatic heterocycles. The lowest BCUT2D eigenvalue weighted by Gasteiger charge is -2.27. The van der Waals surface area contributed by atoms with Gasteiger partial charge in [0.05, 0.1) is 35.9 Å². The summed E-state index contributed by atoms with van der Waals surface area (Å²) in [5.74, 6) is -0.342. The van der Waals surface area contributed by atoms with Crippen LogP contribution in [0.5, 0.6) is 0 Å². The van der Waals surface area contributed by atoms with Crippen LogP contribution in [0.1, 0.15) is 90.2 Å². The highest BCUT2D eigenvalue weighted by Gasteiger charge is 2.32. The minimum absolute atomic E-state index is 0.0546. The van der Waals surface area contributed by atoms with E-state index in [1.165, 1.54) is 0 Å². The lowest BCUT2D eigenvalue weighted by Crippen LogP contribution is -2.46. The highest BCUT2D eigenvalue weighted by molar-refractivity contribution is 5.88. The zero-order valence-electron chi connectivity index (χ0n) is 32.7. The number of H-pyrrole nitrogens is 2. The van der Waals surface area contributed by atoms with Crippen molar-refractivity contribution in [2.75, 3.05) is 0 Å². The van der Waals surface area contributed by atoms with Gasteiger partial charge in [-0.3, -0.25) is 10.6 Å². The number of amides is 2. The summed E-state index contributed by atoms with van der Waals surface area (Å²) in [5, 5.41) is 6.64. The summed E-state index contributed by atoms with van der Waals surface area (Å²) in [7, 11) is 0. The number of esters is 2. The van der Waals surface area contributed by atoms with Crippen LogP contribution in [0.15, 0.2) is 48.8 Å². The fourth-order valence-electron chi connectivity index (χ4n) is 6.48. The van der Waals surface area contributed by atoms with Crippen LogP contribution in [-0.4, -0.2) is 56.1 Å². The zero-order chi connectivity index (χ0) is 40.0. The van der Waals surface area contributed by atoms with Crippen molar-refractivity contribution in [3.63, 3.8) is 0 Å². The Hall–Kier alpha value is -5.34. The molecule has 2 unspecified atom stereocenters. The second-order valence-electron chi connectivity index (χ2n) is 15.1. The first kappa shape index (κ1) is 41.4. The SMILES string of the molecule is Cc1c(-c2ccc(-c3cnc([C@H](NC(C(=O)OC(N)=O)C(C)C)C(C)C)[nH]3)cc2)ccc(-c2cnc([C@H](NC(C(=O)OC(N)=O)C(C)C)C(C)C)[nH]2)c1C. The Labute approximate surface area is 316 Å². The Morgan fingerprint density at radius 2 is 0.963 bits per heavy atom. The van der Waals surface area contributed by atoms with Crippen LogP contribution in [0.4, 0.5) is 9.59 Å². The van der Waals surface area contributed by atoms with Crippen LogP contribution in [0.3, 0.4) is 0 Å². The number of carbonyl (C=O) groups excluding carboxylic acids is 4. The quantitative estimate of drug-likeness (QED) is 0.0565. The van der Waals surface area contributed by atoms with E-state index in [4.69, 9.17) is 16.2 Å². The number of nitrogens with zero attached hydrogens (tertiary/aromatic N) is 2. The Morgan fingerprint density at radius 1 is 0.574 bits per heavy atom. The number of aromatic nitrogens is 4. The van der Waals surface area contributed by atoms with Crippen LogP contribution in [0.25, 0.3) is 33.6 Å². The van der Waals surface area contributed by atoms with E-state index in [2.05, 4.69) is 73.4 Å². The number of primary amides is 2. The van der Waals surface area contributed by atoms with Gasteiger partial charge in [0, 0.05) is 5.56 Å². The highest BCUT2D eigenvalue weighted by Crippen LogP contribution is 2.34. The van der Waals surface area contributed by atoms with Gasteiger partial charge in [0.25, 0.3) is 0 Å². The molecule has 4 atom stereocenters. The first-order valence-electron chi connectivity index (χ1n) is 18.2. The van der Waals surface area contributed by atoms with Crippen molar-refractivity contribution in [1.82, 2.24) is 30.6 Å². The molecule has 0 fully saturated rings. The van der Waals surface area contributed by atoms with E-state index in [0.717, 1.165) is 44.8 Å². The Balaban J connectivity index is 1.54. The number of aromatic amines is 2. The molecule has 0 saturated heterocycles. The predicted molar refractivity (Wildman–Crippen MR) is 207 cm³/mol. The maximum Gasteiger partial charge on any atom is 0.412 e. The number of hydrogen-bond acceptors (Lipinski definition) is 10. The Morgan fingerprint density at radius 3 is 1.39 bits per heavy atom. The molecule has 2 amide bonds. The first-order chi connectivity index (χ1) is 25.4. The number of rotatable bonds is 15. The number of imidazole rings is 2. The molecule has 0 spiro atoms. The van der Waals surface area contributed by atoms with Crippen LogP contribution >= 0.6 is 0 Å². The molecule has 2 heterocycles. The maximum absolute atomic E-state index is 12.6. The maximum atomic E-state index is 12.6. The van der Waals surface area contributed by atoms with Gasteiger partial charge in [0.15, 0.2) is 0 Å². The summed E-state index contributed by atoms with van der Waals surface area (Å²) in [6.07, 6.45) is 1.29. The van der Waals surface area contributed by atoms with E-state index in [9.17, 15) is 19.2 Å². The number of benzene rings is 2. The van der Waals surface area contributed by atoms with E-state index in [0.29, 0.717) is 11.6 Å². The van der Waals surface area contributed by atoms with Gasteiger partial charge in [-0.15, -0.1) is 0 Å². The molecular weight excluding hydrogens is 688 g/mol. The summed E-state index contributed by atoms with van der Waals surface area (Å²) in [6.45, 7) is 19.7. The molecule has 8 N–H and O–H groups in total. The Bertz CT molecular complexity index is 1950. The molecule has 14 heteroatoms. The fourth-order valence-corrected chi connectivity index (χ4v) is 6.48. The van der Waals surface area contributed by atoms with Crippen molar-refractivity contribution < 1.29 is 28.7 Å². The van der Waals surface area contributed by atoms with Crippen molar-refractivity contribution >= 4 is 24.1 Å². The first-order valence-corrected chi connectivity index (χ1v) is 18.2. The van der Waals surface area contributed by atoms with Crippen LogP contribution in [0, 0.1) is 37.5 Å². The molecule has 0 radical (unpaired) electrons. The molecule has 0 saturated carbocycles. The van der Waals surface area contributed by atoms with Crippen molar-refractivity contribution in [1.29, 1.82) is 0 Å². The number of ether oxygens (including phenoxy) is 2. The second-order valence-corrected chi connectivity index (χ2v) is 15.1. The van der Waals surface area contributed by atoms with Crippen LogP contribution in [-0.2, 0) is 19.1 Å². The topological polar surface area (TPSA) is 220 Å². The van der Waals surface area contributed by atoms with Gasteiger partial charge in [-0.2, -0.15) is 0 Å². The van der Waals surface area contributed by atoms with Gasteiger partial charge in [0.2, 0.25) is 0 Å². The zero-order valence-corrected chi connectivity index (χ0v) is 32.7. The lowest BCUT2D eigenvalue weighted by molar-refractivity contribution is -0.142. The normalized spacial score (nSPS) is 14.0. The monoisotopic (exact) mass is 742 g/mol. The van der Waals surface area contributed by atoms with E-state index in [1.54, 1.807) is 12.4 Å². The van der Waals surface area contributed by atoms with Gasteiger partial charge >= 0.3 is 24.1 Å². The summed E-state index contributed by atoms with van der Waals surface area (Å²) in [4.78, 5) is 63.9. The van der Waals surface area contributed by atoms with E-state index < -0.39 is 36.2 Å². The number of hydrogen-bond donors (Lipinski definition) is 6. The molecule has 290 valence electrons. The fraction of sp³-hybridized carbons (Fsp3) is 0.450. The van der Waals surface area contributed by atoms with Gasteiger partial charge < -0.3 is 30.9 Å². The molecule has 0 aliphatic heterocycles. The third-order valence-corrected chi connectivity index (χ3v) is 9.66. The van der Waals surface area contributed by atoms with Gasteiger partial charge in [0.1, 0.15) is 23.7 Å². The molecule has 2 aromatic carbocycles. The minimum Gasteiger partial charge on any atom is -0.375 e. The standard InChI is InChI=1S/C40H54N8O6/c1-19(2)31(47-33(21(5)6)37(49)53-39(41)51)35-43-17-29(45-35)26-13-11-25(12-14-26)27-15-16-28(24(10)23(27)9)30-18-44-36(46-30)32(20(3)4)48-34(22(7)8)38(50)54-40(42)52/h11-22,31-34,47-48H,1-10H3,(H2,41,51)(H2,42,52)(H,43,45)(H,44,46)/t31-,32-,33?,34?/m1/s1. The van der Waals surface area contributed by atoms with E-state index >= 15 is 0 Å². The number of nitrogens with one attached hydrogen (secondary N) is 4. The molecule has 4 rings (SSSR count). The smallest absolute Gasteiger partial charge is 0.375 e. The molecule has 0 aliphatic carbocycles. The summed E-state index contributed by atoms with van der Waals surface area (Å²) < 4.78 is 9.38. The average molecular weight is 743 g/mol. The molecule has 14 nitrogen and oxygen atoms in total. The van der Waals surface area contributed by atoms with Crippen molar-refractivity contribution in [3.8, 4) is 33.6 Å². The molecular formula is C40H54N8O6. The van der Waals surface area contributed by atoms with Crippen molar-refractivity contribution in [2.45, 2.75) is 93.4 Å². The van der Waals surface area contributed by atoms with Crippen molar-refractivity contribution in [3.05, 3.63) is 71.6 Å². The van der Waals surface area contributed by atoms with Crippen LogP contribution < -0.4 is 22.1 Å². The number of carbonyl (C=O) groups is 4. The highest BCUT2D eigenvalue weighted by atomic mass is 16.6. The lowest BCUT2D eigenvalue weighted by atomic mass is 9.92. The summed E-state index contributed by atoms with van der Waals surface area (Å²) in [6, 6.07) is 10.2. The number of nitrogens with two attached hydrogens (primary N) is 2. The van der Waals surface area contributed by atoms with Crippen LogP contribution in [0.2, 0.25) is 0 Å². The van der Waals surface area contributed by atoms with E-state index in [1.807, 2.05) is 67.5 Å². The largest absolute Gasteiger partial charge is 0.412 e. The molecule has 54 heavy (non-hydrogen) atoms.